The van der Waals surface area contributed by atoms with Crippen LogP contribution in [0.25, 0.3) is 0 Å². The average molecular weight is 477 g/mol. The van der Waals surface area contributed by atoms with Crippen LogP contribution in [-0.4, -0.2) is 55.0 Å². The van der Waals surface area contributed by atoms with Gasteiger partial charge in [-0.3, -0.25) is 14.6 Å². The van der Waals surface area contributed by atoms with Crippen molar-refractivity contribution in [1.29, 1.82) is 0 Å². The van der Waals surface area contributed by atoms with Gasteiger partial charge < -0.3 is 25.0 Å². The molecule has 0 aliphatic rings. The smallest absolute Gasteiger partial charge is 0.257 e. The van der Waals surface area contributed by atoms with Crippen LogP contribution in [-0.2, 0) is 6.54 Å². The van der Waals surface area contributed by atoms with Crippen molar-refractivity contribution in [3.05, 3.63) is 83.7 Å². The number of anilines is 1. The van der Waals surface area contributed by atoms with Crippen LogP contribution >= 0.6 is 0 Å². The maximum atomic E-state index is 12.7. The number of hydrogen-bond donors (Lipinski definition) is 2. The third kappa shape index (κ3) is 7.55. The number of nitrogens with one attached hydrogen (secondary N) is 2. The van der Waals surface area contributed by atoms with Crippen LogP contribution < -0.4 is 20.1 Å². The van der Waals surface area contributed by atoms with Gasteiger partial charge in [-0.25, -0.2) is 0 Å². The lowest BCUT2D eigenvalue weighted by Gasteiger charge is -2.19. The van der Waals surface area contributed by atoms with Crippen molar-refractivity contribution in [3.63, 3.8) is 0 Å². The quantitative estimate of drug-likeness (QED) is 0.411. The van der Waals surface area contributed by atoms with Gasteiger partial charge in [0.15, 0.2) is 11.5 Å². The van der Waals surface area contributed by atoms with E-state index in [0.29, 0.717) is 41.5 Å². The molecule has 0 saturated heterocycles. The molecule has 3 rings (SSSR count). The first-order valence-corrected chi connectivity index (χ1v) is 11.7. The largest absolute Gasteiger partial charge is 0.493 e. The molecule has 1 heterocycles. The predicted octanol–water partition coefficient (Wildman–Crippen LogP) is 3.99. The molecule has 0 spiro atoms. The molecule has 0 unspecified atom stereocenters. The fourth-order valence-corrected chi connectivity index (χ4v) is 3.49. The Kier molecular flexibility index (Phi) is 9.62. The molecule has 0 fully saturated rings. The number of carbonyl (C=O) groups excluding carboxylic acids is 2. The number of carbonyl (C=O) groups is 2. The summed E-state index contributed by atoms with van der Waals surface area (Å²) in [5.74, 6) is 0.756. The predicted molar refractivity (Wildman–Crippen MR) is 136 cm³/mol. The summed E-state index contributed by atoms with van der Waals surface area (Å²) < 4.78 is 11.4. The van der Waals surface area contributed by atoms with Crippen molar-refractivity contribution in [2.45, 2.75) is 20.4 Å². The molecule has 0 bridgehead atoms. The van der Waals surface area contributed by atoms with Crippen molar-refractivity contribution in [2.24, 2.45) is 0 Å². The minimum atomic E-state index is -0.290. The van der Waals surface area contributed by atoms with Gasteiger partial charge in [-0.15, -0.1) is 0 Å². The summed E-state index contributed by atoms with van der Waals surface area (Å²) >= 11 is 0. The van der Waals surface area contributed by atoms with Gasteiger partial charge in [0.25, 0.3) is 11.8 Å². The molecule has 0 saturated carbocycles. The second-order valence-electron chi connectivity index (χ2n) is 7.82. The Morgan fingerprint density at radius 1 is 0.943 bits per heavy atom. The Morgan fingerprint density at radius 3 is 2.46 bits per heavy atom. The van der Waals surface area contributed by atoms with Gasteiger partial charge in [0.2, 0.25) is 0 Å². The molecule has 0 aliphatic heterocycles. The van der Waals surface area contributed by atoms with Crippen LogP contribution in [0.4, 0.5) is 5.69 Å². The number of pyridine rings is 1. The maximum absolute atomic E-state index is 12.7. The van der Waals surface area contributed by atoms with E-state index < -0.39 is 0 Å². The summed E-state index contributed by atoms with van der Waals surface area (Å²) in [5, 5.41) is 5.69. The first-order valence-electron chi connectivity index (χ1n) is 11.7. The van der Waals surface area contributed by atoms with Gasteiger partial charge in [-0.2, -0.15) is 0 Å². The van der Waals surface area contributed by atoms with Crippen LogP contribution in [0.2, 0.25) is 0 Å². The van der Waals surface area contributed by atoms with Crippen LogP contribution in [0.1, 0.15) is 40.1 Å². The standard InChI is InChI=1S/C27H32N4O4/c1-4-31(5-2)14-15-35-24-12-11-20(16-25(24)34-3)18-29-26(32)21-8-6-10-23(17-21)30-27(33)22-9-7-13-28-19-22/h6-13,16-17,19H,4-5,14-15,18H2,1-3H3,(H,29,32)(H,30,33). The Bertz CT molecular complexity index is 1120. The molecule has 2 amide bonds. The molecule has 8 nitrogen and oxygen atoms in total. The van der Waals surface area contributed by atoms with Crippen molar-refractivity contribution >= 4 is 17.5 Å². The first-order chi connectivity index (χ1) is 17.0. The highest BCUT2D eigenvalue weighted by Gasteiger charge is 2.11. The third-order valence-corrected chi connectivity index (χ3v) is 5.55. The number of aromatic nitrogens is 1. The van der Waals surface area contributed by atoms with Crippen LogP contribution in [0, 0.1) is 0 Å². The highest BCUT2D eigenvalue weighted by Crippen LogP contribution is 2.28. The fourth-order valence-electron chi connectivity index (χ4n) is 3.49. The summed E-state index contributed by atoms with van der Waals surface area (Å²) in [4.78, 5) is 31.3. The van der Waals surface area contributed by atoms with Crippen molar-refractivity contribution in [3.8, 4) is 11.5 Å². The first kappa shape index (κ1) is 25.7. The van der Waals surface area contributed by atoms with E-state index in [-0.39, 0.29) is 11.8 Å². The third-order valence-electron chi connectivity index (χ3n) is 5.55. The van der Waals surface area contributed by atoms with Crippen LogP contribution in [0.5, 0.6) is 11.5 Å². The zero-order valence-electron chi connectivity index (χ0n) is 20.4. The normalized spacial score (nSPS) is 10.6. The highest BCUT2D eigenvalue weighted by atomic mass is 16.5. The number of benzene rings is 2. The zero-order valence-corrected chi connectivity index (χ0v) is 20.4. The summed E-state index contributed by atoms with van der Waals surface area (Å²) in [6.07, 6.45) is 3.09. The lowest BCUT2D eigenvalue weighted by molar-refractivity contribution is 0.0949. The van der Waals surface area contributed by atoms with E-state index in [9.17, 15) is 9.59 Å². The fraction of sp³-hybridized carbons (Fsp3) is 0.296. The van der Waals surface area contributed by atoms with Gasteiger partial charge >= 0.3 is 0 Å². The highest BCUT2D eigenvalue weighted by molar-refractivity contribution is 6.04. The Balaban J connectivity index is 1.57. The molecule has 184 valence electrons. The number of amides is 2. The number of ether oxygens (including phenoxy) is 2. The van der Waals surface area contributed by atoms with Gasteiger partial charge in [0.05, 0.1) is 12.7 Å². The summed E-state index contributed by atoms with van der Waals surface area (Å²) in [5.41, 5.74) is 2.29. The molecule has 2 N–H and O–H groups in total. The molecule has 0 aliphatic carbocycles. The number of methoxy groups -OCH3 is 1. The summed E-state index contributed by atoms with van der Waals surface area (Å²) in [7, 11) is 1.60. The monoisotopic (exact) mass is 476 g/mol. The van der Waals surface area contributed by atoms with Crippen LogP contribution in [0.3, 0.4) is 0 Å². The average Bonchev–Trinajstić information content (AvgIpc) is 2.90. The molecule has 1 aromatic heterocycles. The zero-order chi connectivity index (χ0) is 25.0. The number of likely N-dealkylation sites (N-methyl/N-ethyl adjacent to an activating group) is 1. The van der Waals surface area contributed by atoms with Gasteiger partial charge in [-0.1, -0.05) is 26.0 Å². The van der Waals surface area contributed by atoms with E-state index in [4.69, 9.17) is 9.47 Å². The Hall–Kier alpha value is -3.91. The van der Waals surface area contributed by atoms with E-state index in [1.807, 2.05) is 18.2 Å². The van der Waals surface area contributed by atoms with Crippen molar-refractivity contribution in [2.75, 3.05) is 38.7 Å². The van der Waals surface area contributed by atoms with Crippen LogP contribution in [0.15, 0.2) is 67.0 Å². The lowest BCUT2D eigenvalue weighted by Crippen LogP contribution is -2.28. The van der Waals surface area contributed by atoms with E-state index in [1.54, 1.807) is 49.7 Å². The second kappa shape index (κ2) is 13.1. The van der Waals surface area contributed by atoms with Gasteiger partial charge in [0.1, 0.15) is 6.61 Å². The number of rotatable bonds is 12. The van der Waals surface area contributed by atoms with E-state index in [1.165, 1.54) is 6.20 Å². The molecular formula is C27H32N4O4. The molecule has 35 heavy (non-hydrogen) atoms. The van der Waals surface area contributed by atoms with E-state index in [0.717, 1.165) is 25.2 Å². The van der Waals surface area contributed by atoms with Gasteiger partial charge in [0, 0.05) is 36.7 Å². The van der Waals surface area contributed by atoms with Gasteiger partial charge in [-0.05, 0) is 61.1 Å². The maximum Gasteiger partial charge on any atom is 0.257 e. The second-order valence-corrected chi connectivity index (χ2v) is 7.82. The topological polar surface area (TPSA) is 92.8 Å². The molecule has 2 aromatic carbocycles. The number of hydrogen-bond acceptors (Lipinski definition) is 6. The summed E-state index contributed by atoms with van der Waals surface area (Å²) in [6.45, 7) is 7.95. The Morgan fingerprint density at radius 2 is 1.74 bits per heavy atom. The molecule has 8 heteroatoms. The number of nitrogens with zero attached hydrogens (tertiary/aromatic N) is 2. The van der Waals surface area contributed by atoms with E-state index >= 15 is 0 Å². The SMILES string of the molecule is CCN(CC)CCOc1ccc(CNC(=O)c2cccc(NC(=O)c3cccnc3)c2)cc1OC. The minimum absolute atomic E-state index is 0.249. The van der Waals surface area contributed by atoms with Crippen molar-refractivity contribution < 1.29 is 19.1 Å². The molecule has 3 aromatic rings. The summed E-state index contributed by atoms with van der Waals surface area (Å²) in [6, 6.07) is 15.8. The molecular weight excluding hydrogens is 444 g/mol. The molecule has 0 atom stereocenters. The van der Waals surface area contributed by atoms with Crippen molar-refractivity contribution in [1.82, 2.24) is 15.2 Å². The lowest BCUT2D eigenvalue weighted by atomic mass is 10.1. The molecule has 0 radical (unpaired) electrons. The minimum Gasteiger partial charge on any atom is -0.493 e. The van der Waals surface area contributed by atoms with E-state index in [2.05, 4.69) is 34.4 Å². The Labute approximate surface area is 206 Å².